The molecule has 0 radical (unpaired) electrons. The van der Waals surface area contributed by atoms with Gasteiger partial charge < -0.3 is 15.7 Å². The monoisotopic (exact) mass is 404 g/mol. The van der Waals surface area contributed by atoms with Gasteiger partial charge in [-0.3, -0.25) is 9.48 Å². The molecule has 1 amide bonds. The Kier molecular flexibility index (Phi) is 5.48. The van der Waals surface area contributed by atoms with E-state index in [1.54, 1.807) is 34.2 Å². The van der Waals surface area contributed by atoms with E-state index in [4.69, 9.17) is 5.11 Å². The van der Waals surface area contributed by atoms with Crippen LogP contribution in [0.5, 0.6) is 0 Å². The molecule has 0 atom stereocenters. The van der Waals surface area contributed by atoms with E-state index in [2.05, 4.69) is 37.4 Å². The van der Waals surface area contributed by atoms with E-state index >= 15 is 0 Å². The number of nitrogens with one attached hydrogen (secondary N) is 2. The number of carbonyl (C=O) groups is 1. The molecule has 10 heteroatoms. The molecule has 3 N–H and O–H groups in total. The predicted octanol–water partition coefficient (Wildman–Crippen LogP) is 1.93. The van der Waals surface area contributed by atoms with Gasteiger partial charge >= 0.3 is 0 Å². The fraction of sp³-hybridized carbons (Fsp3) is 0.150. The molecule has 0 bridgehead atoms. The van der Waals surface area contributed by atoms with Gasteiger partial charge in [0.25, 0.3) is 0 Å². The summed E-state index contributed by atoms with van der Waals surface area (Å²) in [6.45, 7) is 4.37. The summed E-state index contributed by atoms with van der Waals surface area (Å²) in [5, 5.41) is 24.2. The summed E-state index contributed by atoms with van der Waals surface area (Å²) < 4.78 is 3.40. The first-order valence-corrected chi connectivity index (χ1v) is 9.26. The Hall–Kier alpha value is -4.05. The summed E-state index contributed by atoms with van der Waals surface area (Å²) in [5.74, 6) is 0.155. The average Bonchev–Trinajstić information content (AvgIpc) is 3.35. The molecule has 0 aliphatic carbocycles. The minimum Gasteiger partial charge on any atom is -0.394 e. The molecule has 4 rings (SSSR count). The highest BCUT2D eigenvalue weighted by molar-refractivity contribution is 5.98. The van der Waals surface area contributed by atoms with Crippen LogP contribution >= 0.6 is 0 Å². The molecule has 0 aliphatic rings. The third-order valence-electron chi connectivity index (χ3n) is 4.31. The van der Waals surface area contributed by atoms with Crippen molar-refractivity contribution in [1.29, 1.82) is 0 Å². The molecule has 0 saturated heterocycles. The number of fused-ring (bicyclic) bond motifs is 1. The Labute approximate surface area is 171 Å². The van der Waals surface area contributed by atoms with Crippen molar-refractivity contribution < 1.29 is 9.90 Å². The number of nitrogens with zero attached hydrogens (tertiary/aromatic N) is 6. The SMILES string of the molecule is C=CC(=O)Nc1cccc(Cn2ncc3cnc(Nc4cnn(CCO)c4)nc32)c1. The van der Waals surface area contributed by atoms with Crippen molar-refractivity contribution in [3.63, 3.8) is 0 Å². The number of aromatic nitrogens is 6. The molecule has 0 aliphatic heterocycles. The van der Waals surface area contributed by atoms with Gasteiger partial charge in [0.2, 0.25) is 11.9 Å². The maximum absolute atomic E-state index is 11.5. The molecule has 10 nitrogen and oxygen atoms in total. The molecular weight excluding hydrogens is 384 g/mol. The molecule has 0 spiro atoms. The smallest absolute Gasteiger partial charge is 0.247 e. The molecule has 0 saturated carbocycles. The summed E-state index contributed by atoms with van der Waals surface area (Å²) >= 11 is 0. The van der Waals surface area contributed by atoms with Crippen LogP contribution in [0, 0.1) is 0 Å². The van der Waals surface area contributed by atoms with Crippen LogP contribution in [0.3, 0.4) is 0 Å². The first-order valence-electron chi connectivity index (χ1n) is 9.26. The van der Waals surface area contributed by atoms with Gasteiger partial charge in [0.05, 0.1) is 43.2 Å². The highest BCUT2D eigenvalue weighted by Gasteiger charge is 2.09. The molecule has 3 heterocycles. The van der Waals surface area contributed by atoms with E-state index in [1.807, 2.05) is 24.3 Å². The Morgan fingerprint density at radius 3 is 2.93 bits per heavy atom. The number of hydrogen-bond donors (Lipinski definition) is 3. The fourth-order valence-corrected chi connectivity index (χ4v) is 2.94. The van der Waals surface area contributed by atoms with Gasteiger partial charge in [0.1, 0.15) is 0 Å². The second-order valence-electron chi connectivity index (χ2n) is 6.51. The number of amides is 1. The highest BCUT2D eigenvalue weighted by atomic mass is 16.3. The van der Waals surface area contributed by atoms with Gasteiger partial charge in [0, 0.05) is 18.1 Å². The van der Waals surface area contributed by atoms with E-state index in [0.29, 0.717) is 30.4 Å². The summed E-state index contributed by atoms with van der Waals surface area (Å²) in [6.07, 6.45) is 8.05. The highest BCUT2D eigenvalue weighted by Crippen LogP contribution is 2.18. The van der Waals surface area contributed by atoms with Crippen LogP contribution in [0.25, 0.3) is 11.0 Å². The zero-order valence-corrected chi connectivity index (χ0v) is 16.1. The minimum atomic E-state index is -0.262. The van der Waals surface area contributed by atoms with Crippen LogP contribution in [0.15, 0.2) is 61.7 Å². The normalized spacial score (nSPS) is 10.8. The fourth-order valence-electron chi connectivity index (χ4n) is 2.94. The first-order chi connectivity index (χ1) is 14.6. The zero-order valence-electron chi connectivity index (χ0n) is 16.1. The van der Waals surface area contributed by atoms with Crippen molar-refractivity contribution in [3.05, 3.63) is 67.3 Å². The van der Waals surface area contributed by atoms with Gasteiger partial charge in [-0.1, -0.05) is 18.7 Å². The van der Waals surface area contributed by atoms with Crippen LogP contribution < -0.4 is 10.6 Å². The van der Waals surface area contributed by atoms with Crippen molar-refractivity contribution in [1.82, 2.24) is 29.5 Å². The molecule has 4 aromatic rings. The lowest BCUT2D eigenvalue weighted by Crippen LogP contribution is -2.08. The van der Waals surface area contributed by atoms with Crippen LogP contribution in [0.1, 0.15) is 5.56 Å². The number of carbonyl (C=O) groups excluding carboxylic acids is 1. The summed E-state index contributed by atoms with van der Waals surface area (Å²) in [6, 6.07) is 7.51. The van der Waals surface area contributed by atoms with Crippen LogP contribution in [0.2, 0.25) is 0 Å². The first kappa shape index (κ1) is 19.3. The molecule has 1 aromatic carbocycles. The lowest BCUT2D eigenvalue weighted by Gasteiger charge is -2.07. The van der Waals surface area contributed by atoms with Crippen LogP contribution in [0.4, 0.5) is 17.3 Å². The van der Waals surface area contributed by atoms with Gasteiger partial charge in [-0.2, -0.15) is 15.2 Å². The number of aliphatic hydroxyl groups excluding tert-OH is 1. The van der Waals surface area contributed by atoms with Crippen molar-refractivity contribution in [3.8, 4) is 0 Å². The number of aliphatic hydroxyl groups is 1. The van der Waals surface area contributed by atoms with Gasteiger partial charge in [-0.15, -0.1) is 0 Å². The number of hydrogen-bond acceptors (Lipinski definition) is 7. The van der Waals surface area contributed by atoms with Crippen molar-refractivity contribution in [2.24, 2.45) is 0 Å². The lowest BCUT2D eigenvalue weighted by molar-refractivity contribution is -0.111. The van der Waals surface area contributed by atoms with E-state index in [9.17, 15) is 4.79 Å². The van der Waals surface area contributed by atoms with Gasteiger partial charge in [-0.25, -0.2) is 9.67 Å². The Balaban J connectivity index is 1.55. The van der Waals surface area contributed by atoms with E-state index in [0.717, 1.165) is 16.6 Å². The Morgan fingerprint density at radius 2 is 2.10 bits per heavy atom. The maximum Gasteiger partial charge on any atom is 0.247 e. The molecule has 152 valence electrons. The third kappa shape index (κ3) is 4.33. The van der Waals surface area contributed by atoms with Crippen molar-refractivity contribution >= 4 is 34.3 Å². The third-order valence-corrected chi connectivity index (χ3v) is 4.31. The standard InChI is InChI=1S/C20H20N8O2/c1-2-18(30)24-16-5-3-4-14(8-16)12-28-19-15(10-23-28)9-21-20(26-19)25-17-11-22-27(13-17)6-7-29/h2-5,8-11,13,29H,1,6-7,12H2,(H,24,30)(H,21,25,26). The number of benzene rings is 1. The minimum absolute atomic E-state index is 0.0151. The van der Waals surface area contributed by atoms with Crippen LogP contribution in [-0.2, 0) is 17.9 Å². The topological polar surface area (TPSA) is 123 Å². The number of rotatable bonds is 8. The lowest BCUT2D eigenvalue weighted by atomic mass is 10.2. The summed E-state index contributed by atoms with van der Waals surface area (Å²) in [5.41, 5.74) is 3.04. The van der Waals surface area contributed by atoms with Crippen molar-refractivity contribution in [2.45, 2.75) is 13.1 Å². The van der Waals surface area contributed by atoms with E-state index in [-0.39, 0.29) is 12.5 Å². The molecule has 30 heavy (non-hydrogen) atoms. The predicted molar refractivity (Wildman–Crippen MR) is 112 cm³/mol. The van der Waals surface area contributed by atoms with Gasteiger partial charge in [-0.05, 0) is 23.8 Å². The molecule has 0 fully saturated rings. The second kappa shape index (κ2) is 8.53. The zero-order chi connectivity index (χ0) is 20.9. The van der Waals surface area contributed by atoms with E-state index in [1.165, 1.54) is 6.08 Å². The average molecular weight is 404 g/mol. The molecule has 3 aromatic heterocycles. The van der Waals surface area contributed by atoms with Crippen molar-refractivity contribution in [2.75, 3.05) is 17.2 Å². The van der Waals surface area contributed by atoms with Gasteiger partial charge in [0.15, 0.2) is 5.65 Å². The second-order valence-corrected chi connectivity index (χ2v) is 6.51. The van der Waals surface area contributed by atoms with Crippen LogP contribution in [-0.4, -0.2) is 47.1 Å². The summed E-state index contributed by atoms with van der Waals surface area (Å²) in [7, 11) is 0. The Morgan fingerprint density at radius 1 is 1.20 bits per heavy atom. The largest absolute Gasteiger partial charge is 0.394 e. The Bertz CT molecular complexity index is 1200. The molecule has 0 unspecified atom stereocenters. The quantitative estimate of drug-likeness (QED) is 0.384. The summed E-state index contributed by atoms with van der Waals surface area (Å²) in [4.78, 5) is 20.4. The maximum atomic E-state index is 11.5. The molecular formula is C20H20N8O2. The van der Waals surface area contributed by atoms with E-state index < -0.39 is 0 Å². The number of anilines is 3.